The number of amides is 1. The third-order valence-electron chi connectivity index (χ3n) is 5.86. The molecule has 5 nitrogen and oxygen atoms in total. The van der Waals surface area contributed by atoms with Crippen LogP contribution in [0, 0.1) is 11.7 Å². The average Bonchev–Trinajstić information content (AvgIpc) is 3.34. The topological polar surface area (TPSA) is 59.3 Å². The Balaban J connectivity index is 1.68. The fourth-order valence-corrected chi connectivity index (χ4v) is 4.28. The molecule has 1 aliphatic rings. The lowest BCUT2D eigenvalue weighted by Crippen LogP contribution is -2.45. The van der Waals surface area contributed by atoms with E-state index in [-0.39, 0.29) is 23.7 Å². The lowest BCUT2D eigenvalue weighted by molar-refractivity contribution is -0.127. The first-order chi connectivity index (χ1) is 13.5. The van der Waals surface area contributed by atoms with E-state index in [4.69, 9.17) is 0 Å². The van der Waals surface area contributed by atoms with Crippen LogP contribution in [0.5, 0.6) is 0 Å². The minimum Gasteiger partial charge on any atom is -0.345 e. The van der Waals surface area contributed by atoms with Crippen molar-refractivity contribution in [1.82, 2.24) is 19.9 Å². The van der Waals surface area contributed by atoms with Gasteiger partial charge in [-0.3, -0.25) is 9.20 Å². The van der Waals surface area contributed by atoms with Crippen molar-refractivity contribution in [3.8, 4) is 0 Å². The molecule has 0 bridgehead atoms. The van der Waals surface area contributed by atoms with Gasteiger partial charge in [0.1, 0.15) is 5.82 Å². The molecule has 0 spiro atoms. The van der Waals surface area contributed by atoms with Gasteiger partial charge in [0.05, 0.1) is 11.5 Å². The van der Waals surface area contributed by atoms with E-state index < -0.39 is 5.41 Å². The Morgan fingerprint density at radius 1 is 1.11 bits per heavy atom. The molecular formula is C22H25FN4O. The lowest BCUT2D eigenvalue weighted by atomic mass is 9.77. The first kappa shape index (κ1) is 18.6. The molecule has 1 aliphatic carbocycles. The van der Waals surface area contributed by atoms with Crippen molar-refractivity contribution in [2.24, 2.45) is 5.92 Å². The van der Waals surface area contributed by atoms with Crippen molar-refractivity contribution in [2.45, 2.75) is 51.0 Å². The largest absolute Gasteiger partial charge is 0.345 e. The van der Waals surface area contributed by atoms with E-state index >= 15 is 0 Å². The number of halogens is 1. The monoisotopic (exact) mass is 380 g/mol. The Labute approximate surface area is 164 Å². The van der Waals surface area contributed by atoms with Crippen LogP contribution >= 0.6 is 0 Å². The molecule has 2 heterocycles. The van der Waals surface area contributed by atoms with E-state index in [1.807, 2.05) is 28.8 Å². The van der Waals surface area contributed by atoms with Crippen molar-refractivity contribution in [2.75, 3.05) is 0 Å². The van der Waals surface area contributed by atoms with Crippen LogP contribution < -0.4 is 5.32 Å². The van der Waals surface area contributed by atoms with Gasteiger partial charge in [0, 0.05) is 6.20 Å². The molecule has 1 atom stereocenters. The molecule has 1 saturated carbocycles. The Kier molecular flexibility index (Phi) is 4.87. The standard InChI is InChI=1S/C22H25FN4O/c1-15(2)19(20-26-25-18-7-3-6-14-27(18)20)24-21(28)22(12-4-5-13-22)16-8-10-17(23)11-9-16/h3,6-11,14-15,19H,4-5,12-13H2,1-2H3,(H,24,28)/t19-/m0/s1. The Hall–Kier alpha value is -2.76. The summed E-state index contributed by atoms with van der Waals surface area (Å²) in [5.74, 6) is 0.574. The number of hydrogen-bond acceptors (Lipinski definition) is 3. The number of nitrogens with zero attached hydrogens (tertiary/aromatic N) is 3. The molecule has 2 aromatic heterocycles. The lowest BCUT2D eigenvalue weighted by Gasteiger charge is -2.31. The zero-order valence-electron chi connectivity index (χ0n) is 16.2. The highest BCUT2D eigenvalue weighted by molar-refractivity contribution is 5.89. The number of carbonyl (C=O) groups excluding carboxylic acids is 1. The summed E-state index contributed by atoms with van der Waals surface area (Å²) in [7, 11) is 0. The maximum atomic E-state index is 13.5. The smallest absolute Gasteiger partial charge is 0.231 e. The predicted octanol–water partition coefficient (Wildman–Crippen LogP) is 4.19. The molecule has 0 unspecified atom stereocenters. The number of nitrogens with one attached hydrogen (secondary N) is 1. The molecule has 28 heavy (non-hydrogen) atoms. The van der Waals surface area contributed by atoms with Crippen molar-refractivity contribution < 1.29 is 9.18 Å². The molecule has 1 aromatic carbocycles. The van der Waals surface area contributed by atoms with Gasteiger partial charge in [-0.25, -0.2) is 4.39 Å². The van der Waals surface area contributed by atoms with E-state index in [1.165, 1.54) is 12.1 Å². The highest BCUT2D eigenvalue weighted by atomic mass is 19.1. The predicted molar refractivity (Wildman–Crippen MR) is 105 cm³/mol. The second-order valence-corrected chi connectivity index (χ2v) is 7.98. The van der Waals surface area contributed by atoms with Gasteiger partial charge in [0.25, 0.3) is 0 Å². The first-order valence-electron chi connectivity index (χ1n) is 9.88. The number of rotatable bonds is 5. The second-order valence-electron chi connectivity index (χ2n) is 7.98. The number of hydrogen-bond donors (Lipinski definition) is 1. The van der Waals surface area contributed by atoms with Gasteiger partial charge in [-0.05, 0) is 48.6 Å². The summed E-state index contributed by atoms with van der Waals surface area (Å²) in [5, 5.41) is 11.8. The molecule has 1 N–H and O–H groups in total. The van der Waals surface area contributed by atoms with Gasteiger partial charge >= 0.3 is 0 Å². The molecule has 146 valence electrons. The third-order valence-corrected chi connectivity index (χ3v) is 5.86. The van der Waals surface area contributed by atoms with Gasteiger partial charge in [-0.1, -0.05) is 44.9 Å². The van der Waals surface area contributed by atoms with Gasteiger partial charge < -0.3 is 5.32 Å². The van der Waals surface area contributed by atoms with Gasteiger partial charge in [0.2, 0.25) is 5.91 Å². The number of carbonyl (C=O) groups is 1. The number of fused-ring (bicyclic) bond motifs is 1. The molecule has 1 amide bonds. The zero-order chi connectivity index (χ0) is 19.7. The van der Waals surface area contributed by atoms with Crippen molar-refractivity contribution in [1.29, 1.82) is 0 Å². The average molecular weight is 380 g/mol. The maximum Gasteiger partial charge on any atom is 0.231 e. The van der Waals surface area contributed by atoms with E-state index in [9.17, 15) is 9.18 Å². The highest BCUT2D eigenvalue weighted by Gasteiger charge is 2.44. The molecule has 1 fully saturated rings. The number of pyridine rings is 1. The summed E-state index contributed by atoms with van der Waals surface area (Å²) in [4.78, 5) is 13.5. The van der Waals surface area contributed by atoms with E-state index in [0.717, 1.165) is 42.7 Å². The number of aromatic nitrogens is 3. The molecule has 3 aromatic rings. The quantitative estimate of drug-likeness (QED) is 0.722. The normalized spacial score (nSPS) is 17.1. The van der Waals surface area contributed by atoms with Crippen LogP contribution in [0.3, 0.4) is 0 Å². The fourth-order valence-electron chi connectivity index (χ4n) is 4.28. The summed E-state index contributed by atoms with van der Waals surface area (Å²) >= 11 is 0. The highest BCUT2D eigenvalue weighted by Crippen LogP contribution is 2.42. The van der Waals surface area contributed by atoms with E-state index in [2.05, 4.69) is 29.4 Å². The van der Waals surface area contributed by atoms with Crippen molar-refractivity contribution >= 4 is 11.6 Å². The summed E-state index contributed by atoms with van der Waals surface area (Å²) in [6.45, 7) is 4.13. The van der Waals surface area contributed by atoms with Crippen LogP contribution in [0.4, 0.5) is 4.39 Å². The molecule has 0 radical (unpaired) electrons. The van der Waals surface area contributed by atoms with Crippen LogP contribution in [-0.2, 0) is 10.2 Å². The molecule has 0 aliphatic heterocycles. The third kappa shape index (κ3) is 3.17. The molecule has 4 rings (SSSR count). The summed E-state index contributed by atoms with van der Waals surface area (Å²) < 4.78 is 15.4. The SMILES string of the molecule is CC(C)[C@H](NC(=O)C1(c2ccc(F)cc2)CCCC1)c1nnc2ccccn12. The zero-order valence-corrected chi connectivity index (χ0v) is 16.2. The van der Waals surface area contributed by atoms with Crippen LogP contribution in [-0.4, -0.2) is 20.5 Å². The summed E-state index contributed by atoms with van der Waals surface area (Å²) in [6.07, 6.45) is 5.44. The number of benzene rings is 1. The van der Waals surface area contributed by atoms with Crippen LogP contribution in [0.15, 0.2) is 48.7 Å². The Morgan fingerprint density at radius 2 is 1.82 bits per heavy atom. The van der Waals surface area contributed by atoms with E-state index in [1.54, 1.807) is 12.1 Å². The minimum atomic E-state index is -0.610. The van der Waals surface area contributed by atoms with Crippen LogP contribution in [0.25, 0.3) is 5.65 Å². The minimum absolute atomic E-state index is 0.0111. The van der Waals surface area contributed by atoms with Crippen LogP contribution in [0.1, 0.15) is 57.0 Å². The Morgan fingerprint density at radius 3 is 2.50 bits per heavy atom. The summed E-state index contributed by atoms with van der Waals surface area (Å²) in [5.41, 5.74) is 1.03. The van der Waals surface area contributed by atoms with Crippen molar-refractivity contribution in [3.05, 3.63) is 65.9 Å². The van der Waals surface area contributed by atoms with Gasteiger partial charge in [-0.15, -0.1) is 10.2 Å². The van der Waals surface area contributed by atoms with Crippen molar-refractivity contribution in [3.63, 3.8) is 0 Å². The van der Waals surface area contributed by atoms with E-state index in [0.29, 0.717) is 0 Å². The molecule has 0 saturated heterocycles. The maximum absolute atomic E-state index is 13.5. The Bertz CT molecular complexity index is 974. The van der Waals surface area contributed by atoms with Gasteiger partial charge in [0.15, 0.2) is 11.5 Å². The second kappa shape index (κ2) is 7.34. The first-order valence-corrected chi connectivity index (χ1v) is 9.88. The molecule has 6 heteroatoms. The van der Waals surface area contributed by atoms with Crippen LogP contribution in [0.2, 0.25) is 0 Å². The molecular weight excluding hydrogens is 355 g/mol. The van der Waals surface area contributed by atoms with Gasteiger partial charge in [-0.2, -0.15) is 0 Å². The fraction of sp³-hybridized carbons (Fsp3) is 0.409. The summed E-state index contributed by atoms with van der Waals surface area (Å²) in [6, 6.07) is 11.8.